The smallest absolute Gasteiger partial charge is 0.338 e. The number of nitro benzene ring substituents is 1. The van der Waals surface area contributed by atoms with Gasteiger partial charge in [0.05, 0.1) is 35.4 Å². The van der Waals surface area contributed by atoms with E-state index in [1.165, 1.54) is 23.8 Å². The van der Waals surface area contributed by atoms with E-state index in [1.807, 2.05) is 18.2 Å². The summed E-state index contributed by atoms with van der Waals surface area (Å²) in [4.78, 5) is 38.2. The molecule has 2 N–H and O–H groups in total. The Bertz CT molecular complexity index is 1080. The van der Waals surface area contributed by atoms with Gasteiger partial charge in [-0.05, 0) is 30.5 Å². The minimum Gasteiger partial charge on any atom is -0.463 e. The minimum absolute atomic E-state index is 0.122. The lowest BCUT2D eigenvalue weighted by Gasteiger charge is -2.31. The number of hydrogen-bond donors (Lipinski definition) is 2. The third-order valence-electron chi connectivity index (χ3n) is 5.40. The van der Waals surface area contributed by atoms with Gasteiger partial charge in [0, 0.05) is 24.4 Å². The van der Waals surface area contributed by atoms with Gasteiger partial charge in [0.1, 0.15) is 0 Å². The maximum absolute atomic E-state index is 12.9. The number of non-ortho nitro benzene ring substituents is 1. The van der Waals surface area contributed by atoms with Crippen LogP contribution in [0.25, 0.3) is 0 Å². The van der Waals surface area contributed by atoms with Crippen LogP contribution in [0.15, 0.2) is 59.8 Å². The van der Waals surface area contributed by atoms with Crippen molar-refractivity contribution >= 4 is 23.4 Å². The summed E-state index contributed by atoms with van der Waals surface area (Å²) >= 11 is 0. The molecule has 0 saturated heterocycles. The maximum atomic E-state index is 12.9. The number of carbonyl (C=O) groups excluding carboxylic acids is 2. The Balaban J connectivity index is 1.76. The average molecular weight is 422 g/mol. The van der Waals surface area contributed by atoms with Crippen LogP contribution in [0.4, 0.5) is 16.2 Å². The van der Waals surface area contributed by atoms with Crippen LogP contribution in [0.5, 0.6) is 0 Å². The molecule has 2 aromatic carbocycles. The summed E-state index contributed by atoms with van der Waals surface area (Å²) < 4.78 is 5.27. The highest BCUT2D eigenvalue weighted by atomic mass is 16.6. The third kappa shape index (κ3) is 4.07. The number of anilines is 1. The second-order valence-corrected chi connectivity index (χ2v) is 7.30. The van der Waals surface area contributed by atoms with Gasteiger partial charge in [-0.25, -0.2) is 9.59 Å². The van der Waals surface area contributed by atoms with Crippen molar-refractivity contribution in [1.82, 2.24) is 10.6 Å². The molecule has 4 rings (SSSR count). The fraction of sp³-hybridized carbons (Fsp3) is 0.273. The zero-order chi connectivity index (χ0) is 22.0. The average Bonchev–Trinajstić information content (AvgIpc) is 3.16. The molecule has 2 heterocycles. The fourth-order valence-electron chi connectivity index (χ4n) is 4.02. The molecule has 9 nitrogen and oxygen atoms in total. The van der Waals surface area contributed by atoms with Gasteiger partial charge < -0.3 is 20.3 Å². The predicted octanol–water partition coefficient (Wildman–Crippen LogP) is 2.83. The highest BCUT2D eigenvalue weighted by Gasteiger charge is 2.35. The molecule has 0 fully saturated rings. The van der Waals surface area contributed by atoms with Crippen molar-refractivity contribution in [2.75, 3.05) is 24.6 Å². The molecule has 0 spiro atoms. The standard InChI is InChI=1S/C22H22N4O5/c1-2-31-21(27)19-17(13-25-11-10-14-6-3-4-9-18(14)25)23-22(28)24-20(19)15-7-5-8-16(12-15)26(29)30/h3-9,12,20H,2,10-11,13H2,1H3,(H2,23,24,28)/t20-/m0/s1. The van der Waals surface area contributed by atoms with Crippen molar-refractivity contribution in [2.24, 2.45) is 0 Å². The van der Waals surface area contributed by atoms with E-state index in [9.17, 15) is 19.7 Å². The number of rotatable bonds is 6. The monoisotopic (exact) mass is 422 g/mol. The van der Waals surface area contributed by atoms with Crippen molar-refractivity contribution < 1.29 is 19.2 Å². The summed E-state index contributed by atoms with van der Waals surface area (Å²) in [6.07, 6.45) is 0.874. The number of nitrogens with zero attached hydrogens (tertiary/aromatic N) is 2. The number of carbonyl (C=O) groups is 2. The molecule has 2 aliphatic heterocycles. The van der Waals surface area contributed by atoms with Crippen molar-refractivity contribution in [3.8, 4) is 0 Å². The number of fused-ring (bicyclic) bond motifs is 1. The van der Waals surface area contributed by atoms with E-state index in [0.717, 1.165) is 18.7 Å². The summed E-state index contributed by atoms with van der Waals surface area (Å²) in [6, 6.07) is 12.6. The molecule has 31 heavy (non-hydrogen) atoms. The van der Waals surface area contributed by atoms with Crippen LogP contribution < -0.4 is 15.5 Å². The first-order valence-corrected chi connectivity index (χ1v) is 10.0. The Labute approximate surface area is 178 Å². The van der Waals surface area contributed by atoms with Crippen LogP contribution in [0.1, 0.15) is 24.1 Å². The van der Waals surface area contributed by atoms with Crippen molar-refractivity contribution in [2.45, 2.75) is 19.4 Å². The Kier molecular flexibility index (Phi) is 5.57. The Morgan fingerprint density at radius 3 is 2.84 bits per heavy atom. The Hall–Kier alpha value is -3.88. The lowest BCUT2D eigenvalue weighted by atomic mass is 9.94. The Morgan fingerprint density at radius 1 is 1.26 bits per heavy atom. The quantitative estimate of drug-likeness (QED) is 0.420. The summed E-state index contributed by atoms with van der Waals surface area (Å²) in [5.74, 6) is -0.575. The summed E-state index contributed by atoms with van der Waals surface area (Å²) in [7, 11) is 0. The predicted molar refractivity (Wildman–Crippen MR) is 114 cm³/mol. The summed E-state index contributed by atoms with van der Waals surface area (Å²) in [5.41, 5.74) is 3.24. The molecule has 2 amide bonds. The molecular weight excluding hydrogens is 400 g/mol. The van der Waals surface area contributed by atoms with Gasteiger partial charge in [-0.15, -0.1) is 0 Å². The SMILES string of the molecule is CCOC(=O)C1=C(CN2CCc3ccccc32)NC(=O)N[C@H]1c1cccc([N+](=O)[O-])c1. The number of hydrogen-bond acceptors (Lipinski definition) is 6. The first-order valence-electron chi connectivity index (χ1n) is 10.0. The zero-order valence-corrected chi connectivity index (χ0v) is 17.0. The molecule has 0 bridgehead atoms. The highest BCUT2D eigenvalue weighted by molar-refractivity contribution is 5.95. The van der Waals surface area contributed by atoms with Crippen molar-refractivity contribution in [3.63, 3.8) is 0 Å². The topological polar surface area (TPSA) is 114 Å². The second kappa shape index (κ2) is 8.47. The van der Waals surface area contributed by atoms with Gasteiger partial charge >= 0.3 is 12.0 Å². The molecule has 0 unspecified atom stereocenters. The first kappa shape index (κ1) is 20.4. The number of ether oxygens (including phenoxy) is 1. The highest BCUT2D eigenvalue weighted by Crippen LogP contribution is 2.33. The number of nitro groups is 1. The third-order valence-corrected chi connectivity index (χ3v) is 5.40. The van der Waals surface area contributed by atoms with E-state index in [2.05, 4.69) is 21.6 Å². The van der Waals surface area contributed by atoms with Crippen LogP contribution in [0, 0.1) is 10.1 Å². The van der Waals surface area contributed by atoms with Crippen molar-refractivity contribution in [3.05, 3.63) is 81.0 Å². The number of esters is 1. The van der Waals surface area contributed by atoms with E-state index in [-0.39, 0.29) is 17.9 Å². The van der Waals surface area contributed by atoms with Gasteiger partial charge in [-0.3, -0.25) is 10.1 Å². The van der Waals surface area contributed by atoms with E-state index in [0.29, 0.717) is 17.8 Å². The molecule has 0 aliphatic carbocycles. The lowest BCUT2D eigenvalue weighted by Crippen LogP contribution is -2.48. The largest absolute Gasteiger partial charge is 0.463 e. The lowest BCUT2D eigenvalue weighted by molar-refractivity contribution is -0.384. The van der Waals surface area contributed by atoms with Crippen LogP contribution in [0.3, 0.4) is 0 Å². The van der Waals surface area contributed by atoms with Crippen LogP contribution in [-0.4, -0.2) is 36.6 Å². The van der Waals surface area contributed by atoms with Gasteiger partial charge in [0.25, 0.3) is 5.69 Å². The normalized spacial score (nSPS) is 17.6. The first-order chi connectivity index (χ1) is 15.0. The summed E-state index contributed by atoms with van der Waals surface area (Å²) in [6.45, 7) is 2.93. The molecular formula is C22H22N4O5. The van der Waals surface area contributed by atoms with Crippen molar-refractivity contribution in [1.29, 1.82) is 0 Å². The molecule has 160 valence electrons. The minimum atomic E-state index is -0.861. The fourth-order valence-corrected chi connectivity index (χ4v) is 4.02. The summed E-state index contributed by atoms with van der Waals surface area (Å²) in [5, 5.41) is 16.7. The molecule has 0 saturated carbocycles. The number of amides is 2. The number of para-hydroxylation sites is 1. The van der Waals surface area contributed by atoms with Gasteiger partial charge in [-0.2, -0.15) is 0 Å². The number of benzene rings is 2. The zero-order valence-electron chi connectivity index (χ0n) is 17.0. The van der Waals surface area contributed by atoms with E-state index < -0.39 is 23.0 Å². The number of nitrogens with one attached hydrogen (secondary N) is 2. The van der Waals surface area contributed by atoms with Crippen LogP contribution in [-0.2, 0) is 16.0 Å². The molecule has 1 atom stereocenters. The van der Waals surface area contributed by atoms with Crippen LogP contribution in [0.2, 0.25) is 0 Å². The molecule has 0 radical (unpaired) electrons. The molecule has 2 aromatic rings. The van der Waals surface area contributed by atoms with Gasteiger partial charge in [0.15, 0.2) is 0 Å². The van der Waals surface area contributed by atoms with Crippen LogP contribution >= 0.6 is 0 Å². The van der Waals surface area contributed by atoms with E-state index in [1.54, 1.807) is 13.0 Å². The molecule has 2 aliphatic rings. The van der Waals surface area contributed by atoms with E-state index in [4.69, 9.17) is 4.74 Å². The second-order valence-electron chi connectivity index (χ2n) is 7.30. The Morgan fingerprint density at radius 2 is 2.06 bits per heavy atom. The van der Waals surface area contributed by atoms with Gasteiger partial charge in [0.2, 0.25) is 0 Å². The number of urea groups is 1. The molecule has 0 aromatic heterocycles. The van der Waals surface area contributed by atoms with Gasteiger partial charge in [-0.1, -0.05) is 30.3 Å². The van der Waals surface area contributed by atoms with E-state index >= 15 is 0 Å². The maximum Gasteiger partial charge on any atom is 0.338 e. The molecule has 9 heteroatoms.